The Balaban J connectivity index is 1.82. The second kappa shape index (κ2) is 7.38. The fraction of sp³-hybridized carbons (Fsp3) is 0.444. The summed E-state index contributed by atoms with van der Waals surface area (Å²) in [6, 6.07) is 7.36. The largest absolute Gasteiger partial charge is 0.497 e. The summed E-state index contributed by atoms with van der Waals surface area (Å²) in [5, 5.41) is 7.37. The third-order valence-corrected chi connectivity index (χ3v) is 4.48. The van der Waals surface area contributed by atoms with Crippen LogP contribution in [-0.4, -0.2) is 29.9 Å². The van der Waals surface area contributed by atoms with Crippen molar-refractivity contribution in [3.8, 4) is 11.5 Å². The van der Waals surface area contributed by atoms with Gasteiger partial charge in [0.15, 0.2) is 0 Å². The molecule has 0 atom stereocenters. The van der Waals surface area contributed by atoms with Crippen molar-refractivity contribution in [3.05, 3.63) is 36.0 Å². The van der Waals surface area contributed by atoms with E-state index < -0.39 is 0 Å². The number of rotatable bonds is 5. The predicted octanol–water partition coefficient (Wildman–Crippen LogP) is 3.66. The number of methoxy groups -OCH3 is 2. The molecule has 1 N–H and O–H groups in total. The van der Waals surface area contributed by atoms with Crippen LogP contribution in [0.3, 0.4) is 0 Å². The fourth-order valence-corrected chi connectivity index (χ4v) is 3.21. The van der Waals surface area contributed by atoms with Gasteiger partial charge in [-0.1, -0.05) is 19.3 Å². The molecule has 1 saturated carbocycles. The lowest BCUT2D eigenvalue weighted by atomic mass is 9.96. The van der Waals surface area contributed by atoms with Gasteiger partial charge in [0.05, 0.1) is 32.0 Å². The van der Waals surface area contributed by atoms with Gasteiger partial charge in [0, 0.05) is 6.07 Å². The molecule has 2 aromatic rings. The van der Waals surface area contributed by atoms with E-state index in [2.05, 4.69) is 10.4 Å². The van der Waals surface area contributed by atoms with Gasteiger partial charge < -0.3 is 14.8 Å². The van der Waals surface area contributed by atoms with Crippen LogP contribution in [0, 0.1) is 0 Å². The molecule has 0 aliphatic heterocycles. The minimum absolute atomic E-state index is 0.233. The van der Waals surface area contributed by atoms with E-state index in [-0.39, 0.29) is 5.91 Å². The van der Waals surface area contributed by atoms with Crippen LogP contribution >= 0.6 is 0 Å². The molecule has 1 heterocycles. The summed E-state index contributed by atoms with van der Waals surface area (Å²) < 4.78 is 12.4. The van der Waals surface area contributed by atoms with E-state index in [0.717, 1.165) is 18.7 Å². The number of ether oxygens (including phenoxy) is 2. The molecule has 0 radical (unpaired) electrons. The molecule has 0 saturated heterocycles. The summed E-state index contributed by atoms with van der Waals surface area (Å²) in [6.45, 7) is 0. The average molecular weight is 329 g/mol. The number of carbonyl (C=O) groups is 1. The molecule has 1 amide bonds. The zero-order valence-electron chi connectivity index (χ0n) is 14.1. The minimum atomic E-state index is -0.233. The zero-order chi connectivity index (χ0) is 16.9. The number of carbonyl (C=O) groups excluding carboxylic acids is 1. The number of anilines is 1. The Morgan fingerprint density at radius 3 is 2.67 bits per heavy atom. The van der Waals surface area contributed by atoms with Gasteiger partial charge in [-0.2, -0.15) is 5.10 Å². The third kappa shape index (κ3) is 3.37. The Bertz CT molecular complexity index is 705. The van der Waals surface area contributed by atoms with Gasteiger partial charge in [-0.25, -0.2) is 4.68 Å². The molecule has 1 aromatic heterocycles. The lowest BCUT2D eigenvalue weighted by Crippen LogP contribution is -2.20. The van der Waals surface area contributed by atoms with Crippen LogP contribution in [0.25, 0.3) is 0 Å². The standard InChI is InChI=1S/C18H23N3O3/c1-23-14-8-9-16(24-2)15(12-14)18(22)20-17-10-11-19-21(17)13-6-4-3-5-7-13/h8-13H,3-7H2,1-2H3,(H,20,22). The molecule has 1 aromatic carbocycles. The molecule has 0 spiro atoms. The van der Waals surface area contributed by atoms with Gasteiger partial charge >= 0.3 is 0 Å². The molecule has 6 heteroatoms. The number of hydrogen-bond donors (Lipinski definition) is 1. The summed E-state index contributed by atoms with van der Waals surface area (Å²) in [4.78, 5) is 12.7. The maximum absolute atomic E-state index is 12.7. The van der Waals surface area contributed by atoms with E-state index in [1.54, 1.807) is 38.6 Å². The molecule has 1 fully saturated rings. The van der Waals surface area contributed by atoms with Crippen LogP contribution in [0.2, 0.25) is 0 Å². The predicted molar refractivity (Wildman–Crippen MR) is 91.8 cm³/mol. The number of amides is 1. The van der Waals surface area contributed by atoms with Gasteiger partial charge in [0.1, 0.15) is 17.3 Å². The summed E-state index contributed by atoms with van der Waals surface area (Å²) in [6.07, 6.45) is 7.64. The lowest BCUT2D eigenvalue weighted by Gasteiger charge is -2.24. The number of nitrogens with one attached hydrogen (secondary N) is 1. The lowest BCUT2D eigenvalue weighted by molar-refractivity contribution is 0.102. The van der Waals surface area contributed by atoms with Crippen molar-refractivity contribution in [2.24, 2.45) is 0 Å². The SMILES string of the molecule is COc1ccc(OC)c(C(=O)Nc2ccnn2C2CCCCC2)c1. The molecular formula is C18H23N3O3. The highest BCUT2D eigenvalue weighted by Crippen LogP contribution is 2.30. The summed E-state index contributed by atoms with van der Waals surface area (Å²) in [7, 11) is 3.12. The first-order valence-corrected chi connectivity index (χ1v) is 8.30. The van der Waals surface area contributed by atoms with Gasteiger partial charge in [-0.05, 0) is 31.0 Å². The van der Waals surface area contributed by atoms with Crippen LogP contribution < -0.4 is 14.8 Å². The van der Waals surface area contributed by atoms with E-state index in [1.807, 2.05) is 10.7 Å². The van der Waals surface area contributed by atoms with Crippen LogP contribution in [0.15, 0.2) is 30.5 Å². The average Bonchev–Trinajstić information content (AvgIpc) is 3.09. The molecular weight excluding hydrogens is 306 g/mol. The van der Waals surface area contributed by atoms with E-state index >= 15 is 0 Å². The highest BCUT2D eigenvalue weighted by molar-refractivity contribution is 6.06. The Morgan fingerprint density at radius 2 is 1.96 bits per heavy atom. The van der Waals surface area contributed by atoms with Crippen molar-refractivity contribution in [1.29, 1.82) is 0 Å². The highest BCUT2D eigenvalue weighted by atomic mass is 16.5. The Hall–Kier alpha value is -2.50. The maximum atomic E-state index is 12.7. The summed E-state index contributed by atoms with van der Waals surface area (Å²) in [5.74, 6) is 1.61. The Kier molecular flexibility index (Phi) is 5.03. The van der Waals surface area contributed by atoms with Crippen LogP contribution in [0.1, 0.15) is 48.5 Å². The van der Waals surface area contributed by atoms with Crippen molar-refractivity contribution in [3.63, 3.8) is 0 Å². The van der Waals surface area contributed by atoms with Crippen LogP contribution in [0.5, 0.6) is 11.5 Å². The molecule has 1 aliphatic rings. The topological polar surface area (TPSA) is 65.4 Å². The van der Waals surface area contributed by atoms with Crippen molar-refractivity contribution in [2.75, 3.05) is 19.5 Å². The fourth-order valence-electron chi connectivity index (χ4n) is 3.21. The Labute approximate surface area is 141 Å². The van der Waals surface area contributed by atoms with Crippen LogP contribution in [-0.2, 0) is 0 Å². The highest BCUT2D eigenvalue weighted by Gasteiger charge is 2.20. The van der Waals surface area contributed by atoms with Crippen molar-refractivity contribution in [1.82, 2.24) is 9.78 Å². The van der Waals surface area contributed by atoms with Gasteiger partial charge in [0.25, 0.3) is 5.91 Å². The molecule has 3 rings (SSSR count). The molecule has 0 unspecified atom stereocenters. The minimum Gasteiger partial charge on any atom is -0.497 e. The first kappa shape index (κ1) is 16.4. The summed E-state index contributed by atoms with van der Waals surface area (Å²) in [5.41, 5.74) is 0.438. The van der Waals surface area contributed by atoms with Crippen molar-refractivity contribution >= 4 is 11.7 Å². The van der Waals surface area contributed by atoms with Crippen molar-refractivity contribution < 1.29 is 14.3 Å². The molecule has 24 heavy (non-hydrogen) atoms. The molecule has 0 bridgehead atoms. The van der Waals surface area contributed by atoms with Crippen LogP contribution in [0.4, 0.5) is 5.82 Å². The van der Waals surface area contributed by atoms with Gasteiger partial charge in [0.2, 0.25) is 0 Å². The number of benzene rings is 1. The van der Waals surface area contributed by atoms with Crippen molar-refractivity contribution in [2.45, 2.75) is 38.1 Å². The third-order valence-electron chi connectivity index (χ3n) is 4.48. The molecule has 1 aliphatic carbocycles. The van der Waals surface area contributed by atoms with E-state index in [0.29, 0.717) is 23.1 Å². The van der Waals surface area contributed by atoms with E-state index in [9.17, 15) is 4.79 Å². The maximum Gasteiger partial charge on any atom is 0.260 e. The van der Waals surface area contributed by atoms with E-state index in [4.69, 9.17) is 9.47 Å². The zero-order valence-corrected chi connectivity index (χ0v) is 14.1. The summed E-state index contributed by atoms with van der Waals surface area (Å²) >= 11 is 0. The van der Waals surface area contributed by atoms with E-state index in [1.165, 1.54) is 19.3 Å². The first-order chi connectivity index (χ1) is 11.7. The second-order valence-electron chi connectivity index (χ2n) is 5.97. The molecule has 6 nitrogen and oxygen atoms in total. The smallest absolute Gasteiger partial charge is 0.260 e. The number of nitrogens with zero attached hydrogens (tertiary/aromatic N) is 2. The van der Waals surface area contributed by atoms with Gasteiger partial charge in [-0.15, -0.1) is 0 Å². The normalized spacial score (nSPS) is 15.1. The Morgan fingerprint density at radius 1 is 1.17 bits per heavy atom. The van der Waals surface area contributed by atoms with Gasteiger partial charge in [-0.3, -0.25) is 4.79 Å². The quantitative estimate of drug-likeness (QED) is 0.909. The number of hydrogen-bond acceptors (Lipinski definition) is 4. The number of aromatic nitrogens is 2. The monoisotopic (exact) mass is 329 g/mol. The first-order valence-electron chi connectivity index (χ1n) is 8.30. The molecule has 128 valence electrons. The second-order valence-corrected chi connectivity index (χ2v) is 5.97.